The third-order valence-corrected chi connectivity index (χ3v) is 10.5. The summed E-state index contributed by atoms with van der Waals surface area (Å²) in [5.74, 6) is -3.89. The quantitative estimate of drug-likeness (QED) is 0.237. The topological polar surface area (TPSA) is 175 Å². The monoisotopic (exact) mass is 630 g/mol. The summed E-state index contributed by atoms with van der Waals surface area (Å²) in [6, 6.07) is 8.12. The van der Waals surface area contributed by atoms with E-state index in [-0.39, 0.29) is 30.6 Å². The van der Waals surface area contributed by atoms with Gasteiger partial charge in [0, 0.05) is 39.5 Å². The van der Waals surface area contributed by atoms with Crippen molar-refractivity contribution in [1.82, 2.24) is 0 Å². The molecule has 3 N–H and O–H groups in total. The molecule has 1 aliphatic heterocycles. The predicted molar refractivity (Wildman–Crippen MR) is 155 cm³/mol. The maximum absolute atomic E-state index is 13.7. The summed E-state index contributed by atoms with van der Waals surface area (Å²) in [5, 5.41) is 36.3. The van der Waals surface area contributed by atoms with Gasteiger partial charge in [0.05, 0.1) is 34.7 Å². The molecule has 0 bridgehead atoms. The Bertz CT molecular complexity index is 1410. The Morgan fingerprint density at radius 1 is 0.956 bits per heavy atom. The SMILES string of the molecule is CC(=O)O[C@H]1C[C@]2(C(C)(C)O)C(=C1C)[C@@H](O)[C@@H](OC(=O)c1ccccc1)[C@@]1(C)[C@@H](OC(C)=O)C[C@H](O)[C@]3(OC(C)=O)CO[C@H]2[C@H]31. The van der Waals surface area contributed by atoms with Crippen LogP contribution in [0.1, 0.15) is 71.7 Å². The number of aliphatic hydroxyl groups excluding tert-OH is 2. The summed E-state index contributed by atoms with van der Waals surface area (Å²) in [5.41, 5.74) is -5.65. The molecule has 1 aromatic carbocycles. The Labute approximate surface area is 261 Å². The van der Waals surface area contributed by atoms with Crippen LogP contribution < -0.4 is 0 Å². The first-order chi connectivity index (χ1) is 20.9. The van der Waals surface area contributed by atoms with E-state index in [2.05, 4.69) is 0 Å². The van der Waals surface area contributed by atoms with Crippen molar-refractivity contribution in [3.05, 3.63) is 47.0 Å². The van der Waals surface area contributed by atoms with E-state index in [1.165, 1.54) is 34.6 Å². The first kappa shape index (κ1) is 33.1. The normalized spacial score (nSPS) is 38.8. The summed E-state index contributed by atoms with van der Waals surface area (Å²) >= 11 is 0. The molecule has 5 rings (SSSR count). The lowest BCUT2D eigenvalue weighted by atomic mass is 9.52. The minimum atomic E-state index is -1.75. The van der Waals surface area contributed by atoms with Gasteiger partial charge in [0.15, 0.2) is 5.60 Å². The second-order valence-corrected chi connectivity index (χ2v) is 13.5. The molecular weight excluding hydrogens is 588 g/mol. The van der Waals surface area contributed by atoms with Gasteiger partial charge in [0.25, 0.3) is 0 Å². The zero-order chi connectivity index (χ0) is 33.3. The number of ether oxygens (including phenoxy) is 5. The molecular formula is C33H42O12. The van der Waals surface area contributed by atoms with Gasteiger partial charge in [-0.2, -0.15) is 0 Å². The second-order valence-electron chi connectivity index (χ2n) is 13.5. The van der Waals surface area contributed by atoms with Gasteiger partial charge in [0.2, 0.25) is 0 Å². The minimum Gasteiger partial charge on any atom is -0.462 e. The summed E-state index contributed by atoms with van der Waals surface area (Å²) in [6.07, 6.45) is -7.97. The zero-order valence-corrected chi connectivity index (χ0v) is 26.6. The van der Waals surface area contributed by atoms with Crippen LogP contribution in [0.25, 0.3) is 0 Å². The van der Waals surface area contributed by atoms with Gasteiger partial charge in [0.1, 0.15) is 30.5 Å². The van der Waals surface area contributed by atoms with Gasteiger partial charge in [-0.15, -0.1) is 0 Å². The number of esters is 4. The lowest BCUT2D eigenvalue weighted by molar-refractivity contribution is -0.252. The lowest BCUT2D eigenvalue weighted by Gasteiger charge is -2.57. The van der Waals surface area contributed by atoms with Gasteiger partial charge in [-0.25, -0.2) is 4.79 Å². The third-order valence-electron chi connectivity index (χ3n) is 10.5. The number of fused-ring (bicyclic) bond motifs is 2. The molecule has 3 fully saturated rings. The summed E-state index contributed by atoms with van der Waals surface area (Å²) in [7, 11) is 0. The van der Waals surface area contributed by atoms with Crippen molar-refractivity contribution in [2.24, 2.45) is 16.7 Å². The number of carbonyl (C=O) groups is 4. The number of rotatable bonds is 6. The van der Waals surface area contributed by atoms with Gasteiger partial charge in [-0.3, -0.25) is 14.4 Å². The fraction of sp³-hybridized carbons (Fsp3) is 0.636. The maximum atomic E-state index is 13.7. The molecule has 1 saturated heterocycles. The van der Waals surface area contributed by atoms with Gasteiger partial charge in [-0.05, 0) is 44.1 Å². The van der Waals surface area contributed by atoms with Crippen LogP contribution in [0.2, 0.25) is 0 Å². The van der Waals surface area contributed by atoms with Crippen LogP contribution >= 0.6 is 0 Å². The number of hydrogen-bond donors (Lipinski definition) is 3. The van der Waals surface area contributed by atoms with Crippen LogP contribution in [0.3, 0.4) is 0 Å². The molecule has 2 saturated carbocycles. The van der Waals surface area contributed by atoms with Gasteiger partial charge >= 0.3 is 23.9 Å². The Morgan fingerprint density at radius 3 is 2.13 bits per heavy atom. The Hall–Kier alpha value is -3.32. The van der Waals surface area contributed by atoms with E-state index in [4.69, 9.17) is 23.7 Å². The Morgan fingerprint density at radius 2 is 1.58 bits per heavy atom. The molecule has 246 valence electrons. The number of carbonyl (C=O) groups excluding carboxylic acids is 4. The highest BCUT2D eigenvalue weighted by Crippen LogP contribution is 2.69. The molecule has 12 heteroatoms. The van der Waals surface area contributed by atoms with Crippen LogP contribution in [0, 0.1) is 16.7 Å². The van der Waals surface area contributed by atoms with Crippen LogP contribution in [0.5, 0.6) is 0 Å². The van der Waals surface area contributed by atoms with E-state index in [1.807, 2.05) is 0 Å². The van der Waals surface area contributed by atoms with Crippen LogP contribution in [0.4, 0.5) is 0 Å². The molecule has 0 amide bonds. The largest absolute Gasteiger partial charge is 0.462 e. The summed E-state index contributed by atoms with van der Waals surface area (Å²) < 4.78 is 30.2. The molecule has 0 radical (unpaired) electrons. The highest BCUT2D eigenvalue weighted by atomic mass is 16.6. The van der Waals surface area contributed by atoms with E-state index in [9.17, 15) is 34.5 Å². The molecule has 1 aromatic rings. The van der Waals surface area contributed by atoms with E-state index >= 15 is 0 Å². The minimum absolute atomic E-state index is 0.0324. The van der Waals surface area contributed by atoms with Crippen molar-refractivity contribution in [3.63, 3.8) is 0 Å². The fourth-order valence-electron chi connectivity index (χ4n) is 8.81. The van der Waals surface area contributed by atoms with E-state index in [0.717, 1.165) is 0 Å². The molecule has 45 heavy (non-hydrogen) atoms. The summed E-state index contributed by atoms with van der Waals surface area (Å²) in [6.45, 7) is 9.73. The number of aliphatic hydroxyl groups is 3. The molecule has 10 atom stereocenters. The first-order valence-electron chi connectivity index (χ1n) is 15.1. The van der Waals surface area contributed by atoms with Crippen molar-refractivity contribution in [2.45, 2.75) is 109 Å². The molecule has 12 nitrogen and oxygen atoms in total. The van der Waals surface area contributed by atoms with Crippen molar-refractivity contribution in [3.8, 4) is 0 Å². The average molecular weight is 631 g/mol. The van der Waals surface area contributed by atoms with Crippen LogP contribution in [0.15, 0.2) is 41.5 Å². The molecule has 0 spiro atoms. The maximum Gasteiger partial charge on any atom is 0.338 e. The summed E-state index contributed by atoms with van der Waals surface area (Å²) in [4.78, 5) is 51.1. The number of hydrogen-bond acceptors (Lipinski definition) is 12. The molecule has 4 aliphatic rings. The molecule has 0 aromatic heterocycles. The number of benzene rings is 1. The molecule has 1 heterocycles. The van der Waals surface area contributed by atoms with Crippen LogP contribution in [-0.4, -0.2) is 93.6 Å². The van der Waals surface area contributed by atoms with E-state index in [1.54, 1.807) is 44.2 Å². The van der Waals surface area contributed by atoms with Crippen molar-refractivity contribution in [2.75, 3.05) is 6.61 Å². The van der Waals surface area contributed by atoms with Crippen molar-refractivity contribution >= 4 is 23.9 Å². The highest BCUT2D eigenvalue weighted by Gasteiger charge is 2.80. The van der Waals surface area contributed by atoms with E-state index in [0.29, 0.717) is 5.57 Å². The Balaban J connectivity index is 1.84. The third kappa shape index (κ3) is 4.88. The van der Waals surface area contributed by atoms with Gasteiger partial charge < -0.3 is 39.0 Å². The standard InChI is InChI=1S/C33H42O12/c1-16-21(42-17(2)34)14-32(30(5,6)40)24(16)25(38)27(44-29(39)20-11-9-8-10-12-20)31(7)23(43-18(3)35)13-22(37)33(45-19(4)36)15-41-28(32)26(31)33/h8-12,21-23,25-28,37-38,40H,13-15H2,1-7H3/t21-,22-,23-,25+,26-,27+,28-,31-,32-,33+/m0/s1. The fourth-order valence-corrected chi connectivity index (χ4v) is 8.81. The average Bonchev–Trinajstić information content (AvgIpc) is 3.44. The smallest absolute Gasteiger partial charge is 0.338 e. The predicted octanol–water partition coefficient (Wildman–Crippen LogP) is 2.02. The molecule has 3 aliphatic carbocycles. The first-order valence-corrected chi connectivity index (χ1v) is 15.1. The van der Waals surface area contributed by atoms with E-state index < -0.39 is 88.5 Å². The van der Waals surface area contributed by atoms with Gasteiger partial charge in [-0.1, -0.05) is 25.1 Å². The lowest BCUT2D eigenvalue weighted by Crippen LogP contribution is -2.70. The Kier molecular flexibility index (Phi) is 8.21. The zero-order valence-electron chi connectivity index (χ0n) is 26.6. The van der Waals surface area contributed by atoms with Crippen molar-refractivity contribution in [1.29, 1.82) is 0 Å². The molecule has 0 unspecified atom stereocenters. The second kappa shape index (κ2) is 11.2. The highest BCUT2D eigenvalue weighted by molar-refractivity contribution is 5.89. The van der Waals surface area contributed by atoms with Crippen LogP contribution in [-0.2, 0) is 38.1 Å². The van der Waals surface area contributed by atoms with Crippen molar-refractivity contribution < 1.29 is 58.2 Å².